The minimum absolute atomic E-state index is 0.112. The molecule has 0 unspecified atom stereocenters. The Bertz CT molecular complexity index is 441. The zero-order chi connectivity index (χ0) is 15.1. The molecular formula is C17H25NO2. The molecule has 0 aliphatic heterocycles. The van der Waals surface area contributed by atoms with E-state index in [-0.39, 0.29) is 18.2 Å². The molecule has 0 fully saturated rings. The largest absolute Gasteiger partial charge is 0.415 e. The molecule has 3 nitrogen and oxygen atoms in total. The number of carbonyl (C=O) groups is 1. The molecule has 0 spiro atoms. The van der Waals surface area contributed by atoms with E-state index in [1.807, 2.05) is 71.0 Å². The van der Waals surface area contributed by atoms with Gasteiger partial charge in [0.15, 0.2) is 0 Å². The summed E-state index contributed by atoms with van der Waals surface area (Å²) in [4.78, 5) is 14.1. The van der Waals surface area contributed by atoms with Crippen LogP contribution in [0.5, 0.6) is 0 Å². The first kappa shape index (κ1) is 16.3. The van der Waals surface area contributed by atoms with Crippen molar-refractivity contribution in [1.82, 2.24) is 4.90 Å². The Balaban J connectivity index is 2.92. The number of hydrogen-bond acceptors (Lipinski definition) is 2. The van der Waals surface area contributed by atoms with Gasteiger partial charge >= 0.3 is 6.09 Å². The van der Waals surface area contributed by atoms with Crippen molar-refractivity contribution >= 4 is 11.9 Å². The quantitative estimate of drug-likeness (QED) is 0.729. The van der Waals surface area contributed by atoms with E-state index in [1.165, 1.54) is 0 Å². The van der Waals surface area contributed by atoms with Crippen molar-refractivity contribution in [3.05, 3.63) is 42.0 Å². The maximum absolute atomic E-state index is 12.3. The molecule has 0 saturated heterocycles. The van der Waals surface area contributed by atoms with Crippen LogP contribution >= 0.6 is 0 Å². The van der Waals surface area contributed by atoms with E-state index < -0.39 is 0 Å². The monoisotopic (exact) mass is 275 g/mol. The molecule has 0 aliphatic rings. The molecule has 20 heavy (non-hydrogen) atoms. The fourth-order valence-electron chi connectivity index (χ4n) is 2.17. The molecular weight excluding hydrogens is 250 g/mol. The summed E-state index contributed by atoms with van der Waals surface area (Å²) in [5, 5.41) is 0. The average Bonchev–Trinajstić information content (AvgIpc) is 2.38. The zero-order valence-electron chi connectivity index (χ0n) is 13.1. The number of hydrogen-bond donors (Lipinski definition) is 0. The minimum Gasteiger partial charge on any atom is -0.410 e. The second-order valence-corrected chi connectivity index (χ2v) is 5.31. The van der Waals surface area contributed by atoms with Crippen LogP contribution in [0.3, 0.4) is 0 Å². The summed E-state index contributed by atoms with van der Waals surface area (Å²) in [5.74, 6) is 0.629. The lowest BCUT2D eigenvalue weighted by Gasteiger charge is -2.30. The van der Waals surface area contributed by atoms with Crippen LogP contribution in [-0.4, -0.2) is 23.1 Å². The highest BCUT2D eigenvalue weighted by Crippen LogP contribution is 2.19. The Hall–Kier alpha value is -1.77. The molecule has 1 aromatic rings. The first-order chi connectivity index (χ1) is 9.47. The van der Waals surface area contributed by atoms with E-state index in [0.29, 0.717) is 5.76 Å². The number of rotatable bonds is 5. The minimum atomic E-state index is -0.293. The number of carbonyl (C=O) groups excluding carboxylic acids is 1. The van der Waals surface area contributed by atoms with Gasteiger partial charge in [-0.3, -0.25) is 0 Å². The van der Waals surface area contributed by atoms with Gasteiger partial charge in [0, 0.05) is 17.6 Å². The van der Waals surface area contributed by atoms with Crippen molar-refractivity contribution in [2.75, 3.05) is 0 Å². The van der Waals surface area contributed by atoms with Gasteiger partial charge in [0.2, 0.25) is 0 Å². The molecule has 0 aliphatic carbocycles. The maximum Gasteiger partial charge on any atom is 0.415 e. The molecule has 1 rings (SSSR count). The summed E-state index contributed by atoms with van der Waals surface area (Å²) in [7, 11) is 0. The lowest BCUT2D eigenvalue weighted by molar-refractivity contribution is 0.114. The third-order valence-electron chi connectivity index (χ3n) is 2.97. The third-order valence-corrected chi connectivity index (χ3v) is 2.97. The zero-order valence-corrected chi connectivity index (χ0v) is 13.1. The van der Waals surface area contributed by atoms with Gasteiger partial charge in [-0.05, 0) is 40.2 Å². The summed E-state index contributed by atoms with van der Waals surface area (Å²) in [5.41, 5.74) is 0.926. The van der Waals surface area contributed by atoms with Crippen LogP contribution in [0.25, 0.3) is 5.76 Å². The highest BCUT2D eigenvalue weighted by Gasteiger charge is 2.23. The fraction of sp³-hybridized carbons (Fsp3) is 0.471. The summed E-state index contributed by atoms with van der Waals surface area (Å²) in [6, 6.07) is 9.95. The smallest absolute Gasteiger partial charge is 0.410 e. The summed E-state index contributed by atoms with van der Waals surface area (Å²) in [6.07, 6.45) is 2.46. The van der Waals surface area contributed by atoms with E-state index >= 15 is 0 Å². The Kier molecular flexibility index (Phi) is 6.29. The van der Waals surface area contributed by atoms with Crippen molar-refractivity contribution < 1.29 is 9.53 Å². The summed E-state index contributed by atoms with van der Waals surface area (Å²) >= 11 is 0. The molecule has 3 heteroatoms. The number of ether oxygens (including phenoxy) is 1. The molecule has 0 bridgehead atoms. The van der Waals surface area contributed by atoms with E-state index in [1.54, 1.807) is 4.90 Å². The normalized spacial score (nSPS) is 11.8. The average molecular weight is 275 g/mol. The van der Waals surface area contributed by atoms with Gasteiger partial charge in [-0.2, -0.15) is 0 Å². The molecule has 0 aromatic heterocycles. The first-order valence-corrected chi connectivity index (χ1v) is 7.23. The standard InChI is InChI=1S/C17H25NO2/c1-6-10-16(15-11-8-7-9-12-15)20-17(19)18(13(2)3)14(4)5/h7-14H,6H2,1-5H3/b16-10-. The second-order valence-electron chi connectivity index (χ2n) is 5.31. The number of allylic oxidation sites excluding steroid dienone is 1. The molecule has 0 atom stereocenters. The van der Waals surface area contributed by atoms with E-state index in [0.717, 1.165) is 12.0 Å². The first-order valence-electron chi connectivity index (χ1n) is 7.23. The molecule has 1 amide bonds. The van der Waals surface area contributed by atoms with E-state index in [2.05, 4.69) is 0 Å². The lowest BCUT2D eigenvalue weighted by atomic mass is 10.1. The van der Waals surface area contributed by atoms with Gasteiger partial charge in [-0.1, -0.05) is 37.3 Å². The van der Waals surface area contributed by atoms with Crippen LogP contribution in [0, 0.1) is 0 Å². The van der Waals surface area contributed by atoms with Crippen molar-refractivity contribution in [2.45, 2.75) is 53.1 Å². The van der Waals surface area contributed by atoms with Gasteiger partial charge in [-0.15, -0.1) is 0 Å². The highest BCUT2D eigenvalue weighted by molar-refractivity contribution is 5.77. The molecule has 1 aromatic carbocycles. The fourth-order valence-corrected chi connectivity index (χ4v) is 2.17. The topological polar surface area (TPSA) is 29.5 Å². The molecule has 0 N–H and O–H groups in total. The van der Waals surface area contributed by atoms with Crippen LogP contribution in [0.4, 0.5) is 4.79 Å². The van der Waals surface area contributed by atoms with Crippen molar-refractivity contribution in [2.24, 2.45) is 0 Å². The molecule has 0 radical (unpaired) electrons. The Labute approximate surface area is 122 Å². The predicted octanol–water partition coefficient (Wildman–Crippen LogP) is 4.69. The predicted molar refractivity (Wildman–Crippen MR) is 83.3 cm³/mol. The number of benzene rings is 1. The summed E-state index contributed by atoms with van der Waals surface area (Å²) < 4.78 is 5.61. The van der Waals surface area contributed by atoms with Crippen molar-refractivity contribution in [3.8, 4) is 0 Å². The maximum atomic E-state index is 12.3. The lowest BCUT2D eigenvalue weighted by Crippen LogP contribution is -2.42. The van der Waals surface area contributed by atoms with Gasteiger partial charge in [0.25, 0.3) is 0 Å². The van der Waals surface area contributed by atoms with E-state index in [4.69, 9.17) is 4.74 Å². The van der Waals surface area contributed by atoms with E-state index in [9.17, 15) is 4.79 Å². The van der Waals surface area contributed by atoms with Gasteiger partial charge in [-0.25, -0.2) is 4.79 Å². The Morgan fingerprint density at radius 3 is 2.15 bits per heavy atom. The van der Waals surface area contributed by atoms with Crippen LogP contribution in [0.15, 0.2) is 36.4 Å². The summed E-state index contributed by atoms with van der Waals surface area (Å²) in [6.45, 7) is 10.00. The SMILES string of the molecule is CC/C=C(\OC(=O)N(C(C)C)C(C)C)c1ccccc1. The van der Waals surface area contributed by atoms with Gasteiger partial charge < -0.3 is 9.64 Å². The molecule has 110 valence electrons. The Morgan fingerprint density at radius 2 is 1.70 bits per heavy atom. The van der Waals surface area contributed by atoms with Gasteiger partial charge in [0.1, 0.15) is 5.76 Å². The number of amides is 1. The van der Waals surface area contributed by atoms with Gasteiger partial charge in [0.05, 0.1) is 0 Å². The van der Waals surface area contributed by atoms with Crippen LogP contribution in [0.2, 0.25) is 0 Å². The Morgan fingerprint density at radius 1 is 1.15 bits per heavy atom. The highest BCUT2D eigenvalue weighted by atomic mass is 16.6. The van der Waals surface area contributed by atoms with Crippen LogP contribution < -0.4 is 0 Å². The van der Waals surface area contributed by atoms with Crippen molar-refractivity contribution in [1.29, 1.82) is 0 Å². The van der Waals surface area contributed by atoms with Crippen LogP contribution in [-0.2, 0) is 4.74 Å². The second kappa shape index (κ2) is 7.73. The van der Waals surface area contributed by atoms with Crippen molar-refractivity contribution in [3.63, 3.8) is 0 Å². The molecule has 0 heterocycles. The number of nitrogens with zero attached hydrogens (tertiary/aromatic N) is 1. The van der Waals surface area contributed by atoms with Crippen LogP contribution in [0.1, 0.15) is 46.6 Å². The molecule has 0 saturated carbocycles. The third kappa shape index (κ3) is 4.41.